The second kappa shape index (κ2) is 7.19. The van der Waals surface area contributed by atoms with Crippen LogP contribution in [0.5, 0.6) is 0 Å². The smallest absolute Gasteiger partial charge is 0.321 e. The Morgan fingerprint density at radius 1 is 1.69 bits per heavy atom. The van der Waals surface area contributed by atoms with Crippen molar-refractivity contribution in [2.75, 3.05) is 12.3 Å². The van der Waals surface area contributed by atoms with Crippen molar-refractivity contribution in [2.24, 2.45) is 0 Å². The van der Waals surface area contributed by atoms with Gasteiger partial charge in [0.1, 0.15) is 12.4 Å². The van der Waals surface area contributed by atoms with Gasteiger partial charge in [0.05, 0.1) is 5.03 Å². The molecule has 1 atom stereocenters. The third-order valence-electron chi connectivity index (χ3n) is 1.89. The van der Waals surface area contributed by atoms with Crippen molar-refractivity contribution >= 4 is 17.7 Å². The molecule has 0 aliphatic heterocycles. The van der Waals surface area contributed by atoms with Gasteiger partial charge >= 0.3 is 5.97 Å². The van der Waals surface area contributed by atoms with Crippen LogP contribution in [0, 0.1) is 0 Å². The Labute approximate surface area is 98.7 Å². The molecule has 1 rings (SSSR count). The number of carboxylic acids is 1. The van der Waals surface area contributed by atoms with Crippen LogP contribution in [-0.4, -0.2) is 39.4 Å². The average molecular weight is 241 g/mol. The van der Waals surface area contributed by atoms with Gasteiger partial charge in [-0.15, -0.1) is 11.8 Å². The highest BCUT2D eigenvalue weighted by Gasteiger charge is 2.16. The van der Waals surface area contributed by atoms with Gasteiger partial charge in [0.15, 0.2) is 0 Å². The SMILES string of the molecule is CCCNC(CSc1ccncn1)C(=O)O. The van der Waals surface area contributed by atoms with E-state index in [1.54, 1.807) is 12.3 Å². The van der Waals surface area contributed by atoms with Gasteiger partial charge in [-0.1, -0.05) is 6.92 Å². The highest BCUT2D eigenvalue weighted by atomic mass is 32.2. The first-order valence-corrected chi connectivity index (χ1v) is 6.07. The molecular formula is C10H15N3O2S. The molecule has 88 valence electrons. The molecule has 0 aliphatic carbocycles. The standard InChI is InChI=1S/C10H15N3O2S/c1-2-4-12-8(10(14)15)6-16-9-3-5-11-7-13-9/h3,5,7-8,12H,2,4,6H2,1H3,(H,14,15). The van der Waals surface area contributed by atoms with Crippen LogP contribution in [0.1, 0.15) is 13.3 Å². The molecule has 2 N–H and O–H groups in total. The van der Waals surface area contributed by atoms with E-state index < -0.39 is 12.0 Å². The van der Waals surface area contributed by atoms with Crippen molar-refractivity contribution in [3.8, 4) is 0 Å². The van der Waals surface area contributed by atoms with E-state index in [1.807, 2.05) is 6.92 Å². The molecule has 0 aromatic carbocycles. The second-order valence-corrected chi connectivity index (χ2v) is 4.24. The molecule has 0 aliphatic rings. The van der Waals surface area contributed by atoms with Crippen molar-refractivity contribution in [1.82, 2.24) is 15.3 Å². The molecule has 1 aromatic heterocycles. The van der Waals surface area contributed by atoms with E-state index in [0.29, 0.717) is 12.3 Å². The maximum Gasteiger partial charge on any atom is 0.321 e. The van der Waals surface area contributed by atoms with Crippen molar-refractivity contribution < 1.29 is 9.90 Å². The summed E-state index contributed by atoms with van der Waals surface area (Å²) in [6, 6.07) is 1.24. The summed E-state index contributed by atoms with van der Waals surface area (Å²) in [6.07, 6.45) is 4.02. The molecule has 0 saturated carbocycles. The summed E-state index contributed by atoms with van der Waals surface area (Å²) in [4.78, 5) is 18.7. The van der Waals surface area contributed by atoms with E-state index in [9.17, 15) is 4.79 Å². The number of thioether (sulfide) groups is 1. The summed E-state index contributed by atoms with van der Waals surface area (Å²) in [5.41, 5.74) is 0. The first kappa shape index (κ1) is 12.9. The van der Waals surface area contributed by atoms with Crippen LogP contribution in [-0.2, 0) is 4.79 Å². The lowest BCUT2D eigenvalue weighted by Crippen LogP contribution is -2.39. The van der Waals surface area contributed by atoms with Gasteiger partial charge < -0.3 is 10.4 Å². The minimum Gasteiger partial charge on any atom is -0.480 e. The third-order valence-corrected chi connectivity index (χ3v) is 2.93. The zero-order valence-electron chi connectivity index (χ0n) is 9.09. The zero-order chi connectivity index (χ0) is 11.8. The normalized spacial score (nSPS) is 12.3. The van der Waals surface area contributed by atoms with E-state index in [4.69, 9.17) is 5.11 Å². The predicted octanol–water partition coefficient (Wildman–Crippen LogP) is 1.02. The summed E-state index contributed by atoms with van der Waals surface area (Å²) in [5.74, 6) is -0.359. The number of nitrogens with one attached hydrogen (secondary N) is 1. The monoisotopic (exact) mass is 241 g/mol. The van der Waals surface area contributed by atoms with Crippen LogP contribution in [0.4, 0.5) is 0 Å². The number of hydrogen-bond acceptors (Lipinski definition) is 5. The van der Waals surface area contributed by atoms with Gasteiger partial charge in [0.25, 0.3) is 0 Å². The van der Waals surface area contributed by atoms with Crippen molar-refractivity contribution in [1.29, 1.82) is 0 Å². The lowest BCUT2D eigenvalue weighted by atomic mass is 10.3. The summed E-state index contributed by atoms with van der Waals surface area (Å²) in [6.45, 7) is 2.71. The number of rotatable bonds is 7. The van der Waals surface area contributed by atoms with Gasteiger partial charge in [-0.25, -0.2) is 9.97 Å². The average Bonchev–Trinajstić information content (AvgIpc) is 2.30. The van der Waals surface area contributed by atoms with Crippen LogP contribution in [0.3, 0.4) is 0 Å². The molecule has 0 spiro atoms. The highest BCUT2D eigenvalue weighted by Crippen LogP contribution is 2.14. The summed E-state index contributed by atoms with van der Waals surface area (Å²) in [5, 5.41) is 12.7. The Bertz CT molecular complexity index is 321. The van der Waals surface area contributed by atoms with Crippen LogP contribution in [0.25, 0.3) is 0 Å². The van der Waals surface area contributed by atoms with Crippen LogP contribution in [0.15, 0.2) is 23.6 Å². The molecule has 16 heavy (non-hydrogen) atoms. The fourth-order valence-electron chi connectivity index (χ4n) is 1.07. The molecular weight excluding hydrogens is 226 g/mol. The van der Waals surface area contributed by atoms with Crippen LogP contribution < -0.4 is 5.32 Å². The van der Waals surface area contributed by atoms with Gasteiger partial charge in [-0.2, -0.15) is 0 Å². The summed E-state index contributed by atoms with van der Waals surface area (Å²) >= 11 is 1.41. The molecule has 1 aromatic rings. The molecule has 1 heterocycles. The molecule has 6 heteroatoms. The zero-order valence-corrected chi connectivity index (χ0v) is 9.91. The van der Waals surface area contributed by atoms with Gasteiger partial charge in [0, 0.05) is 11.9 Å². The van der Waals surface area contributed by atoms with E-state index >= 15 is 0 Å². The summed E-state index contributed by atoms with van der Waals surface area (Å²) in [7, 11) is 0. The van der Waals surface area contributed by atoms with E-state index in [0.717, 1.165) is 11.4 Å². The van der Waals surface area contributed by atoms with Crippen LogP contribution >= 0.6 is 11.8 Å². The quantitative estimate of drug-likeness (QED) is 0.548. The minimum absolute atomic E-state index is 0.465. The van der Waals surface area contributed by atoms with Gasteiger partial charge in [-0.3, -0.25) is 4.79 Å². The Morgan fingerprint density at radius 2 is 2.50 bits per heavy atom. The number of hydrogen-bond donors (Lipinski definition) is 2. The molecule has 0 bridgehead atoms. The Balaban J connectivity index is 2.41. The number of carboxylic acid groups (broad SMARTS) is 1. The van der Waals surface area contributed by atoms with Gasteiger partial charge in [-0.05, 0) is 19.0 Å². The van der Waals surface area contributed by atoms with Crippen molar-refractivity contribution in [2.45, 2.75) is 24.4 Å². The van der Waals surface area contributed by atoms with E-state index in [2.05, 4.69) is 15.3 Å². The number of aliphatic carboxylic acids is 1. The second-order valence-electron chi connectivity index (χ2n) is 3.20. The molecule has 0 fully saturated rings. The largest absolute Gasteiger partial charge is 0.480 e. The van der Waals surface area contributed by atoms with Crippen molar-refractivity contribution in [3.05, 3.63) is 18.6 Å². The predicted molar refractivity (Wildman–Crippen MR) is 62.5 cm³/mol. The van der Waals surface area contributed by atoms with Crippen molar-refractivity contribution in [3.63, 3.8) is 0 Å². The fraction of sp³-hybridized carbons (Fsp3) is 0.500. The molecule has 0 saturated heterocycles. The highest BCUT2D eigenvalue weighted by molar-refractivity contribution is 7.99. The maximum atomic E-state index is 10.9. The van der Waals surface area contributed by atoms with E-state index in [1.165, 1.54) is 18.1 Å². The number of nitrogens with zero attached hydrogens (tertiary/aromatic N) is 2. The van der Waals surface area contributed by atoms with Gasteiger partial charge in [0.2, 0.25) is 0 Å². The Morgan fingerprint density at radius 3 is 3.06 bits per heavy atom. The number of carbonyl (C=O) groups is 1. The summed E-state index contributed by atoms with van der Waals surface area (Å²) < 4.78 is 0. The first-order valence-electron chi connectivity index (χ1n) is 5.09. The molecule has 5 nitrogen and oxygen atoms in total. The molecule has 0 amide bonds. The van der Waals surface area contributed by atoms with E-state index in [-0.39, 0.29) is 0 Å². The minimum atomic E-state index is -0.824. The Kier molecular flexibility index (Phi) is 5.81. The lowest BCUT2D eigenvalue weighted by molar-refractivity contribution is -0.138. The topological polar surface area (TPSA) is 75.1 Å². The first-order chi connectivity index (χ1) is 7.74. The Hall–Kier alpha value is -1.14. The molecule has 1 unspecified atom stereocenters. The fourth-order valence-corrected chi connectivity index (χ4v) is 1.95. The number of aromatic nitrogens is 2. The lowest BCUT2D eigenvalue weighted by Gasteiger charge is -2.12. The van der Waals surface area contributed by atoms with Crippen LogP contribution in [0.2, 0.25) is 0 Å². The molecule has 0 radical (unpaired) electrons. The maximum absolute atomic E-state index is 10.9. The third kappa shape index (κ3) is 4.59.